The summed E-state index contributed by atoms with van der Waals surface area (Å²) in [6.45, 7) is 12.2. The zero-order chi connectivity index (χ0) is 26.9. The summed E-state index contributed by atoms with van der Waals surface area (Å²) in [6, 6.07) is 9.56. The molecule has 2 aromatic heterocycles. The molecule has 0 radical (unpaired) electrons. The largest absolute Gasteiger partial charge is 0.377 e. The molecular weight excluding hydrogens is 480 g/mol. The summed E-state index contributed by atoms with van der Waals surface area (Å²) in [5, 5.41) is 7.37. The maximum absolute atomic E-state index is 13.5. The van der Waals surface area contributed by atoms with Crippen LogP contribution in [0.25, 0.3) is 10.9 Å². The first kappa shape index (κ1) is 25.8. The fraction of sp³-hybridized carbons (Fsp3) is 0.464. The lowest BCUT2D eigenvalue weighted by molar-refractivity contribution is 0.0748. The van der Waals surface area contributed by atoms with E-state index in [0.29, 0.717) is 50.5 Å². The summed E-state index contributed by atoms with van der Waals surface area (Å²) in [7, 11) is 2.06. The van der Waals surface area contributed by atoms with Crippen LogP contribution in [0.4, 0.5) is 22.0 Å². The minimum absolute atomic E-state index is 0.00694. The fourth-order valence-corrected chi connectivity index (χ4v) is 5.03. The highest BCUT2D eigenvalue weighted by atomic mass is 16.2. The predicted molar refractivity (Wildman–Crippen MR) is 152 cm³/mol. The van der Waals surface area contributed by atoms with E-state index in [9.17, 15) is 9.59 Å². The van der Waals surface area contributed by atoms with Crippen LogP contribution in [0.2, 0.25) is 0 Å². The molecule has 3 N–H and O–H groups in total. The van der Waals surface area contributed by atoms with Gasteiger partial charge in [-0.3, -0.25) is 4.79 Å². The Hall–Kier alpha value is -3.79. The Bertz CT molecular complexity index is 1300. The number of benzene rings is 1. The number of amides is 3. The maximum Gasteiger partial charge on any atom is 0.321 e. The van der Waals surface area contributed by atoms with E-state index in [1.54, 1.807) is 6.20 Å². The molecule has 5 rings (SSSR count). The number of urea groups is 1. The number of hydrogen-bond acceptors (Lipinski definition) is 6. The molecule has 1 aromatic carbocycles. The highest BCUT2D eigenvalue weighted by Crippen LogP contribution is 2.28. The molecule has 2 saturated heterocycles. The Labute approximate surface area is 224 Å². The van der Waals surface area contributed by atoms with Crippen LogP contribution in [0, 0.1) is 0 Å². The van der Waals surface area contributed by atoms with E-state index < -0.39 is 0 Å². The molecule has 3 aromatic rings. The number of likely N-dealkylation sites (N-methyl/N-ethyl adjacent to an activating group) is 1. The van der Waals surface area contributed by atoms with Crippen LogP contribution in [0.3, 0.4) is 0 Å². The van der Waals surface area contributed by atoms with E-state index >= 15 is 0 Å². The molecule has 38 heavy (non-hydrogen) atoms. The molecule has 2 aliphatic heterocycles. The molecule has 10 nitrogen and oxygen atoms in total. The molecule has 0 saturated carbocycles. The number of pyridine rings is 1. The average Bonchev–Trinajstić information content (AvgIpc) is 3.31. The van der Waals surface area contributed by atoms with E-state index in [0.717, 1.165) is 35.5 Å². The third-order valence-corrected chi connectivity index (χ3v) is 7.12. The predicted octanol–water partition coefficient (Wildman–Crippen LogP) is 3.52. The Balaban J connectivity index is 1.26. The number of rotatable bonds is 4. The number of H-pyrrole nitrogens is 1. The lowest BCUT2D eigenvalue weighted by Gasteiger charge is -2.37. The van der Waals surface area contributed by atoms with Gasteiger partial charge >= 0.3 is 6.03 Å². The Morgan fingerprint density at radius 3 is 2.37 bits per heavy atom. The second-order valence-corrected chi connectivity index (χ2v) is 11.2. The van der Waals surface area contributed by atoms with Gasteiger partial charge in [0.05, 0.1) is 11.3 Å². The number of carbonyl (C=O) groups is 2. The molecule has 0 atom stereocenters. The van der Waals surface area contributed by atoms with Crippen molar-refractivity contribution in [3.8, 4) is 0 Å². The van der Waals surface area contributed by atoms with Crippen molar-refractivity contribution in [3.05, 3.63) is 48.3 Å². The third kappa shape index (κ3) is 5.70. The van der Waals surface area contributed by atoms with Gasteiger partial charge < -0.3 is 35.2 Å². The Morgan fingerprint density at radius 1 is 0.947 bits per heavy atom. The van der Waals surface area contributed by atoms with Crippen molar-refractivity contribution in [3.63, 3.8) is 0 Å². The van der Waals surface area contributed by atoms with Crippen molar-refractivity contribution >= 4 is 40.0 Å². The normalized spacial score (nSPS) is 17.1. The number of piperazine rings is 2. The van der Waals surface area contributed by atoms with Crippen LogP contribution >= 0.6 is 0 Å². The van der Waals surface area contributed by atoms with Gasteiger partial charge in [0.15, 0.2) is 5.82 Å². The first-order chi connectivity index (χ1) is 18.2. The van der Waals surface area contributed by atoms with Crippen molar-refractivity contribution in [1.29, 1.82) is 0 Å². The minimum atomic E-state index is -0.105. The van der Waals surface area contributed by atoms with Crippen LogP contribution < -0.4 is 15.5 Å². The van der Waals surface area contributed by atoms with Crippen LogP contribution in [-0.2, 0) is 0 Å². The van der Waals surface area contributed by atoms with Gasteiger partial charge in [-0.1, -0.05) is 0 Å². The topological polar surface area (TPSA) is 99.8 Å². The average molecular weight is 519 g/mol. The van der Waals surface area contributed by atoms with Crippen molar-refractivity contribution in [1.82, 2.24) is 24.7 Å². The summed E-state index contributed by atoms with van der Waals surface area (Å²) in [6.07, 6.45) is 3.59. The van der Waals surface area contributed by atoms with E-state index in [-0.39, 0.29) is 17.5 Å². The zero-order valence-electron chi connectivity index (χ0n) is 22.8. The first-order valence-electron chi connectivity index (χ1n) is 13.3. The van der Waals surface area contributed by atoms with Crippen LogP contribution in [-0.4, -0.2) is 102 Å². The summed E-state index contributed by atoms with van der Waals surface area (Å²) < 4.78 is 0. The van der Waals surface area contributed by atoms with Crippen molar-refractivity contribution in [2.45, 2.75) is 26.3 Å². The number of hydrogen-bond donors (Lipinski definition) is 3. The molecule has 0 unspecified atom stereocenters. The van der Waals surface area contributed by atoms with Gasteiger partial charge in [-0.25, -0.2) is 9.78 Å². The van der Waals surface area contributed by atoms with E-state index in [1.165, 1.54) is 0 Å². The van der Waals surface area contributed by atoms with Crippen LogP contribution in [0.5, 0.6) is 0 Å². The minimum Gasteiger partial charge on any atom is -0.377 e. The van der Waals surface area contributed by atoms with Crippen LogP contribution in [0.1, 0.15) is 31.1 Å². The van der Waals surface area contributed by atoms with Crippen molar-refractivity contribution < 1.29 is 9.59 Å². The second-order valence-electron chi connectivity index (χ2n) is 11.2. The van der Waals surface area contributed by atoms with Gasteiger partial charge in [0, 0.05) is 86.9 Å². The molecule has 2 aliphatic rings. The molecule has 4 heterocycles. The molecule has 0 aliphatic carbocycles. The van der Waals surface area contributed by atoms with E-state index in [1.807, 2.05) is 40.3 Å². The summed E-state index contributed by atoms with van der Waals surface area (Å²) in [5.74, 6) is 0.912. The number of aromatic amines is 1. The van der Waals surface area contributed by atoms with Crippen LogP contribution in [0.15, 0.2) is 42.7 Å². The number of nitrogens with zero attached hydrogens (tertiary/aromatic N) is 5. The molecule has 10 heteroatoms. The Kier molecular flexibility index (Phi) is 7.16. The van der Waals surface area contributed by atoms with Gasteiger partial charge in [-0.2, -0.15) is 0 Å². The number of carbonyl (C=O) groups excluding carboxylic acids is 2. The van der Waals surface area contributed by atoms with Gasteiger partial charge in [-0.05, 0) is 58.2 Å². The summed E-state index contributed by atoms with van der Waals surface area (Å²) >= 11 is 0. The zero-order valence-corrected chi connectivity index (χ0v) is 22.8. The van der Waals surface area contributed by atoms with Gasteiger partial charge in [0.2, 0.25) is 0 Å². The number of fused-ring (bicyclic) bond motifs is 1. The number of nitrogens with one attached hydrogen (secondary N) is 3. The first-order valence-corrected chi connectivity index (χ1v) is 13.3. The quantitative estimate of drug-likeness (QED) is 0.489. The van der Waals surface area contributed by atoms with Crippen molar-refractivity contribution in [2.75, 3.05) is 74.9 Å². The summed E-state index contributed by atoms with van der Waals surface area (Å²) in [5.41, 5.74) is 3.11. The maximum atomic E-state index is 13.5. The highest BCUT2D eigenvalue weighted by molar-refractivity contribution is 6.08. The smallest absolute Gasteiger partial charge is 0.321 e. The molecule has 202 valence electrons. The monoisotopic (exact) mass is 518 g/mol. The molecular formula is C28H38N8O2. The fourth-order valence-electron chi connectivity index (χ4n) is 5.03. The standard InChI is InChI=1S/C28H38N8O2/c1-28(2,3)32-24-6-5-9-29-25(24)34-14-16-35(17-15-34)26(37)22-19-30-23-8-7-20(18-21(22)23)31-27(38)36-12-10-33(4)11-13-36/h5-9,18-19,30,32H,10-17H2,1-4H3,(H,31,38). The van der Waals surface area contributed by atoms with Crippen molar-refractivity contribution in [2.24, 2.45) is 0 Å². The molecule has 2 fully saturated rings. The number of aromatic nitrogens is 2. The molecule has 3 amide bonds. The number of anilines is 3. The lowest BCUT2D eigenvalue weighted by Crippen LogP contribution is -2.49. The highest BCUT2D eigenvalue weighted by Gasteiger charge is 2.27. The van der Waals surface area contributed by atoms with Gasteiger partial charge in [0.25, 0.3) is 5.91 Å². The summed E-state index contributed by atoms with van der Waals surface area (Å²) in [4.78, 5) is 42.3. The Morgan fingerprint density at radius 2 is 1.66 bits per heavy atom. The SMILES string of the molecule is CN1CCN(C(=O)Nc2ccc3[nH]cc(C(=O)N4CCN(c5ncccc5NC(C)(C)C)CC4)c3c2)CC1. The molecule has 0 spiro atoms. The molecule has 0 bridgehead atoms. The van der Waals surface area contributed by atoms with Gasteiger partial charge in [0.1, 0.15) is 0 Å². The second kappa shape index (κ2) is 10.5. The van der Waals surface area contributed by atoms with Gasteiger partial charge in [-0.15, -0.1) is 0 Å². The van der Waals surface area contributed by atoms with E-state index in [4.69, 9.17) is 0 Å². The lowest BCUT2D eigenvalue weighted by atomic mass is 10.1. The third-order valence-electron chi connectivity index (χ3n) is 7.12. The van der Waals surface area contributed by atoms with E-state index in [2.05, 4.69) is 64.3 Å².